The Labute approximate surface area is 134 Å². The zero-order valence-electron chi connectivity index (χ0n) is 12.0. The van der Waals surface area contributed by atoms with E-state index in [1.807, 2.05) is 23.5 Å². The normalized spacial score (nSPS) is 17.5. The SMILES string of the molecule is c1ccc2cc3c(cc2c1)OCCSCCCSCCO3. The highest BCUT2D eigenvalue weighted by atomic mass is 32.2. The third kappa shape index (κ3) is 4.24. The summed E-state index contributed by atoms with van der Waals surface area (Å²) < 4.78 is 11.9. The van der Waals surface area contributed by atoms with Gasteiger partial charge >= 0.3 is 0 Å². The molecule has 0 aromatic heterocycles. The van der Waals surface area contributed by atoms with E-state index in [0.29, 0.717) is 0 Å². The summed E-state index contributed by atoms with van der Waals surface area (Å²) in [5.74, 6) is 6.27. The fourth-order valence-corrected chi connectivity index (χ4v) is 4.00. The van der Waals surface area contributed by atoms with Crippen molar-refractivity contribution in [1.29, 1.82) is 0 Å². The van der Waals surface area contributed by atoms with Crippen LogP contribution in [0.5, 0.6) is 11.5 Å². The molecule has 1 aliphatic rings. The van der Waals surface area contributed by atoms with E-state index in [0.717, 1.165) is 36.2 Å². The minimum atomic E-state index is 0.743. The fraction of sp³-hybridized carbons (Fsp3) is 0.412. The van der Waals surface area contributed by atoms with Gasteiger partial charge in [-0.05, 0) is 40.8 Å². The molecule has 0 aliphatic carbocycles. The van der Waals surface area contributed by atoms with Crippen LogP contribution in [-0.2, 0) is 0 Å². The molecular formula is C17H20O2S2. The molecule has 4 heteroatoms. The lowest BCUT2D eigenvalue weighted by Gasteiger charge is -2.13. The summed E-state index contributed by atoms with van der Waals surface area (Å²) in [6.07, 6.45) is 1.27. The number of thioether (sulfide) groups is 2. The van der Waals surface area contributed by atoms with E-state index in [9.17, 15) is 0 Å². The van der Waals surface area contributed by atoms with E-state index in [4.69, 9.17) is 9.47 Å². The lowest BCUT2D eigenvalue weighted by molar-refractivity contribution is 0.292. The van der Waals surface area contributed by atoms with Crippen molar-refractivity contribution >= 4 is 34.3 Å². The van der Waals surface area contributed by atoms with E-state index < -0.39 is 0 Å². The van der Waals surface area contributed by atoms with Crippen molar-refractivity contribution in [2.75, 3.05) is 36.2 Å². The molecule has 0 saturated carbocycles. The fourth-order valence-electron chi connectivity index (χ4n) is 2.31. The molecule has 112 valence electrons. The quantitative estimate of drug-likeness (QED) is 0.713. The van der Waals surface area contributed by atoms with Crippen LogP contribution in [0.4, 0.5) is 0 Å². The lowest BCUT2D eigenvalue weighted by Crippen LogP contribution is -2.05. The van der Waals surface area contributed by atoms with E-state index in [1.165, 1.54) is 28.7 Å². The summed E-state index contributed by atoms with van der Waals surface area (Å²) in [6, 6.07) is 12.5. The van der Waals surface area contributed by atoms with Gasteiger partial charge in [-0.3, -0.25) is 0 Å². The Hall–Kier alpha value is -1.00. The summed E-state index contributed by atoms with van der Waals surface area (Å²) in [4.78, 5) is 0. The second kappa shape index (κ2) is 7.85. The Kier molecular flexibility index (Phi) is 5.58. The van der Waals surface area contributed by atoms with E-state index in [2.05, 4.69) is 36.4 Å². The van der Waals surface area contributed by atoms with E-state index in [1.54, 1.807) is 0 Å². The molecule has 2 aromatic rings. The summed E-state index contributed by atoms with van der Waals surface area (Å²) in [7, 11) is 0. The highest BCUT2D eigenvalue weighted by Crippen LogP contribution is 2.33. The largest absolute Gasteiger partial charge is 0.489 e. The topological polar surface area (TPSA) is 18.5 Å². The number of benzene rings is 2. The average molecular weight is 320 g/mol. The van der Waals surface area contributed by atoms with Gasteiger partial charge in [0, 0.05) is 11.5 Å². The molecule has 0 saturated heterocycles. The van der Waals surface area contributed by atoms with Gasteiger partial charge in [0.15, 0.2) is 11.5 Å². The molecule has 0 amide bonds. The maximum Gasteiger partial charge on any atom is 0.161 e. The molecule has 0 N–H and O–H groups in total. The van der Waals surface area contributed by atoms with Crippen molar-refractivity contribution < 1.29 is 9.47 Å². The van der Waals surface area contributed by atoms with Gasteiger partial charge in [-0.15, -0.1) is 0 Å². The summed E-state index contributed by atoms with van der Waals surface area (Å²) in [5, 5.41) is 2.40. The van der Waals surface area contributed by atoms with Crippen molar-refractivity contribution in [2.24, 2.45) is 0 Å². The molecule has 2 nitrogen and oxygen atoms in total. The third-order valence-corrected chi connectivity index (χ3v) is 5.43. The van der Waals surface area contributed by atoms with Crippen LogP contribution >= 0.6 is 23.5 Å². The van der Waals surface area contributed by atoms with Gasteiger partial charge in [0.1, 0.15) is 0 Å². The smallest absolute Gasteiger partial charge is 0.161 e. The molecule has 3 rings (SSSR count). The first-order valence-corrected chi connectivity index (χ1v) is 9.68. The Morgan fingerprint density at radius 2 is 1.24 bits per heavy atom. The molecule has 1 heterocycles. The van der Waals surface area contributed by atoms with Gasteiger partial charge in [-0.2, -0.15) is 23.5 Å². The van der Waals surface area contributed by atoms with Gasteiger partial charge in [0.25, 0.3) is 0 Å². The highest BCUT2D eigenvalue weighted by Gasteiger charge is 2.08. The monoisotopic (exact) mass is 320 g/mol. The van der Waals surface area contributed by atoms with Gasteiger partial charge in [-0.25, -0.2) is 0 Å². The van der Waals surface area contributed by atoms with Gasteiger partial charge in [0.2, 0.25) is 0 Å². The summed E-state index contributed by atoms with van der Waals surface area (Å²) in [6.45, 7) is 1.49. The van der Waals surface area contributed by atoms with E-state index in [-0.39, 0.29) is 0 Å². The first-order chi connectivity index (χ1) is 10.4. The Morgan fingerprint density at radius 1 is 0.714 bits per heavy atom. The summed E-state index contributed by atoms with van der Waals surface area (Å²) >= 11 is 3.95. The molecule has 1 aliphatic heterocycles. The number of rotatable bonds is 0. The zero-order valence-corrected chi connectivity index (χ0v) is 13.7. The van der Waals surface area contributed by atoms with Crippen LogP contribution < -0.4 is 9.47 Å². The number of hydrogen-bond donors (Lipinski definition) is 0. The molecule has 0 atom stereocenters. The molecule has 0 spiro atoms. The van der Waals surface area contributed by atoms with Crippen LogP contribution in [0.25, 0.3) is 10.8 Å². The Balaban J connectivity index is 1.83. The van der Waals surface area contributed by atoms with Crippen LogP contribution in [-0.4, -0.2) is 36.2 Å². The molecule has 21 heavy (non-hydrogen) atoms. The molecular weight excluding hydrogens is 300 g/mol. The van der Waals surface area contributed by atoms with Crippen LogP contribution in [0, 0.1) is 0 Å². The van der Waals surface area contributed by atoms with Crippen molar-refractivity contribution in [3.8, 4) is 11.5 Å². The third-order valence-electron chi connectivity index (χ3n) is 3.36. The average Bonchev–Trinajstić information content (AvgIpc) is 2.54. The Bertz CT molecular complexity index is 536. The van der Waals surface area contributed by atoms with Crippen molar-refractivity contribution in [3.63, 3.8) is 0 Å². The molecule has 2 aromatic carbocycles. The predicted octanol–water partition coefficient (Wildman–Crippen LogP) is 4.47. The van der Waals surface area contributed by atoms with Crippen LogP contribution in [0.3, 0.4) is 0 Å². The van der Waals surface area contributed by atoms with Crippen LogP contribution in [0.15, 0.2) is 36.4 Å². The van der Waals surface area contributed by atoms with E-state index >= 15 is 0 Å². The highest BCUT2D eigenvalue weighted by molar-refractivity contribution is 8.00. The number of ether oxygens (including phenoxy) is 2. The minimum absolute atomic E-state index is 0.743. The first-order valence-electron chi connectivity index (χ1n) is 7.37. The van der Waals surface area contributed by atoms with Crippen molar-refractivity contribution in [3.05, 3.63) is 36.4 Å². The first kappa shape index (κ1) is 14.9. The van der Waals surface area contributed by atoms with Crippen LogP contribution in [0.1, 0.15) is 6.42 Å². The van der Waals surface area contributed by atoms with Crippen molar-refractivity contribution in [1.82, 2.24) is 0 Å². The molecule has 0 bridgehead atoms. The molecule has 0 unspecified atom stereocenters. The second-order valence-electron chi connectivity index (χ2n) is 4.92. The van der Waals surface area contributed by atoms with Crippen LogP contribution in [0.2, 0.25) is 0 Å². The predicted molar refractivity (Wildman–Crippen MR) is 94.2 cm³/mol. The van der Waals surface area contributed by atoms with Crippen molar-refractivity contribution in [2.45, 2.75) is 6.42 Å². The maximum atomic E-state index is 5.96. The lowest BCUT2D eigenvalue weighted by atomic mass is 10.1. The number of hydrogen-bond acceptors (Lipinski definition) is 4. The maximum absolute atomic E-state index is 5.96. The Morgan fingerprint density at radius 3 is 1.76 bits per heavy atom. The standard InChI is InChI=1S/C17H20O2S2/c1-2-5-15-13-17-16(12-14(15)4-1)18-6-10-20-8-3-9-21-11-7-19-17/h1-2,4-5,12-13H,3,6-11H2. The second-order valence-corrected chi connectivity index (χ2v) is 7.37. The van der Waals surface area contributed by atoms with Gasteiger partial charge < -0.3 is 9.47 Å². The molecule has 0 fully saturated rings. The number of fused-ring (bicyclic) bond motifs is 2. The van der Waals surface area contributed by atoms with Gasteiger partial charge in [-0.1, -0.05) is 24.3 Å². The zero-order chi connectivity index (χ0) is 14.3. The van der Waals surface area contributed by atoms with Gasteiger partial charge in [0.05, 0.1) is 13.2 Å². The summed E-state index contributed by atoms with van der Waals surface area (Å²) in [5.41, 5.74) is 0. The molecule has 0 radical (unpaired) electrons. The minimum Gasteiger partial charge on any atom is -0.489 e.